The second-order valence-electron chi connectivity index (χ2n) is 6.79. The fourth-order valence-electron chi connectivity index (χ4n) is 2.97. The van der Waals surface area contributed by atoms with Gasteiger partial charge in [-0.2, -0.15) is 13.2 Å². The fourth-order valence-corrected chi connectivity index (χ4v) is 3.10. The first-order chi connectivity index (χ1) is 14.7. The Morgan fingerprint density at radius 3 is 2.13 bits per heavy atom. The summed E-state index contributed by atoms with van der Waals surface area (Å²) >= 11 is 11.2. The Morgan fingerprint density at radius 1 is 1.00 bits per heavy atom. The maximum absolute atomic E-state index is 12.6. The molecule has 0 atom stereocenters. The molecule has 2 aromatic rings. The smallest absolute Gasteiger partial charge is 0.416 e. The number of alkyl halides is 3. The molecule has 0 unspecified atom stereocenters. The summed E-state index contributed by atoms with van der Waals surface area (Å²) in [6.07, 6.45) is -0.474. The van der Waals surface area contributed by atoms with Crippen LogP contribution in [0.15, 0.2) is 47.0 Å². The minimum atomic E-state index is -4.32. The van der Waals surface area contributed by atoms with Crippen LogP contribution >= 0.6 is 23.2 Å². The van der Waals surface area contributed by atoms with E-state index in [1.54, 1.807) is 6.08 Å². The summed E-state index contributed by atoms with van der Waals surface area (Å²) in [6.45, 7) is 5.45. The zero-order valence-corrected chi connectivity index (χ0v) is 19.0. The minimum Gasteiger partial charge on any atom is -0.493 e. The molecule has 0 aliphatic heterocycles. The number of anilines is 1. The van der Waals surface area contributed by atoms with Crippen molar-refractivity contribution in [3.8, 4) is 11.5 Å². The van der Waals surface area contributed by atoms with E-state index in [0.717, 1.165) is 47.6 Å². The number of ether oxygens (including phenoxy) is 2. The first kappa shape index (κ1) is 25.2. The number of hydrogen-bond acceptors (Lipinski definition) is 3. The van der Waals surface area contributed by atoms with E-state index in [2.05, 4.69) is 5.32 Å². The molecular weight excluding hydrogens is 450 g/mol. The molecule has 0 aliphatic rings. The van der Waals surface area contributed by atoms with Crippen molar-refractivity contribution in [2.75, 3.05) is 25.1 Å². The number of halogens is 5. The van der Waals surface area contributed by atoms with Crippen LogP contribution in [0.1, 0.15) is 37.0 Å². The molecule has 0 saturated carbocycles. The summed E-state index contributed by atoms with van der Waals surface area (Å²) < 4.78 is 49.8. The zero-order valence-electron chi connectivity index (χ0n) is 17.5. The lowest BCUT2D eigenvalue weighted by Gasteiger charge is -2.17. The molecule has 0 fully saturated rings. The molecule has 2 rings (SSSR count). The van der Waals surface area contributed by atoms with Crippen LogP contribution in [0.25, 0.3) is 0 Å². The average molecular weight is 476 g/mol. The fraction of sp³-hybridized carbons (Fsp3) is 0.391. The predicted octanol–water partition coefficient (Wildman–Crippen LogP) is 7.41. The highest BCUT2D eigenvalue weighted by Crippen LogP contribution is 2.31. The summed E-state index contributed by atoms with van der Waals surface area (Å²) in [7, 11) is 0. The van der Waals surface area contributed by atoms with Gasteiger partial charge in [-0.05, 0) is 72.9 Å². The van der Waals surface area contributed by atoms with Crippen LogP contribution in [0.5, 0.6) is 11.5 Å². The highest BCUT2D eigenvalue weighted by molar-refractivity contribution is 6.55. The monoisotopic (exact) mass is 475 g/mol. The van der Waals surface area contributed by atoms with Crippen molar-refractivity contribution in [3.05, 3.63) is 63.7 Å². The van der Waals surface area contributed by atoms with Crippen LogP contribution in [-0.2, 0) is 19.0 Å². The molecule has 2 aromatic carbocycles. The van der Waals surface area contributed by atoms with E-state index in [4.69, 9.17) is 32.7 Å². The average Bonchev–Trinajstić information content (AvgIpc) is 2.73. The van der Waals surface area contributed by atoms with Gasteiger partial charge in [0.25, 0.3) is 0 Å². The third kappa shape index (κ3) is 8.19. The number of aryl methyl sites for hydroxylation is 2. The van der Waals surface area contributed by atoms with Gasteiger partial charge < -0.3 is 14.8 Å². The van der Waals surface area contributed by atoms with Crippen molar-refractivity contribution in [1.82, 2.24) is 0 Å². The lowest BCUT2D eigenvalue weighted by Crippen LogP contribution is -2.10. The molecule has 0 aromatic heterocycles. The lowest BCUT2D eigenvalue weighted by molar-refractivity contribution is -0.137. The van der Waals surface area contributed by atoms with Crippen molar-refractivity contribution in [2.24, 2.45) is 0 Å². The van der Waals surface area contributed by atoms with Crippen LogP contribution in [0.3, 0.4) is 0 Å². The molecule has 31 heavy (non-hydrogen) atoms. The van der Waals surface area contributed by atoms with Gasteiger partial charge >= 0.3 is 6.18 Å². The van der Waals surface area contributed by atoms with Gasteiger partial charge in [-0.15, -0.1) is 0 Å². The third-order valence-electron chi connectivity index (χ3n) is 4.57. The molecule has 8 heteroatoms. The van der Waals surface area contributed by atoms with Gasteiger partial charge in [-0.1, -0.05) is 37.0 Å². The number of benzene rings is 2. The SMILES string of the molecule is CCc1cc(OCC=C(Cl)Cl)cc(CC)c1OCCCNc1ccc(C(F)(F)F)cc1. The van der Waals surface area contributed by atoms with Gasteiger partial charge in [0, 0.05) is 12.2 Å². The molecule has 0 radical (unpaired) electrons. The van der Waals surface area contributed by atoms with Gasteiger partial charge in [0.05, 0.1) is 12.2 Å². The Kier molecular flexibility index (Phi) is 9.85. The van der Waals surface area contributed by atoms with E-state index in [1.807, 2.05) is 26.0 Å². The molecule has 0 aliphatic carbocycles. The molecule has 170 valence electrons. The Hall–Kier alpha value is -2.05. The van der Waals surface area contributed by atoms with E-state index < -0.39 is 11.7 Å². The molecule has 3 nitrogen and oxygen atoms in total. The van der Waals surface area contributed by atoms with E-state index in [9.17, 15) is 13.2 Å². The first-order valence-corrected chi connectivity index (χ1v) is 10.8. The van der Waals surface area contributed by atoms with E-state index >= 15 is 0 Å². The second kappa shape index (κ2) is 12.1. The maximum atomic E-state index is 12.6. The van der Waals surface area contributed by atoms with Crippen LogP contribution < -0.4 is 14.8 Å². The van der Waals surface area contributed by atoms with Gasteiger partial charge in [-0.3, -0.25) is 0 Å². The van der Waals surface area contributed by atoms with Gasteiger partial charge in [-0.25, -0.2) is 0 Å². The summed E-state index contributed by atoms with van der Waals surface area (Å²) in [5, 5.41) is 3.11. The highest BCUT2D eigenvalue weighted by atomic mass is 35.5. The van der Waals surface area contributed by atoms with Crippen LogP contribution in [0, 0.1) is 0 Å². The topological polar surface area (TPSA) is 30.5 Å². The van der Waals surface area contributed by atoms with E-state index in [0.29, 0.717) is 25.3 Å². The Labute approximate surface area is 191 Å². The van der Waals surface area contributed by atoms with Crippen molar-refractivity contribution in [1.29, 1.82) is 0 Å². The Balaban J connectivity index is 1.90. The van der Waals surface area contributed by atoms with E-state index in [1.165, 1.54) is 12.1 Å². The number of hydrogen-bond donors (Lipinski definition) is 1. The van der Waals surface area contributed by atoms with Gasteiger partial charge in [0.2, 0.25) is 0 Å². The second-order valence-corrected chi connectivity index (χ2v) is 7.79. The van der Waals surface area contributed by atoms with Crippen molar-refractivity contribution in [2.45, 2.75) is 39.3 Å². The standard InChI is InChI=1S/C23H26Cl2F3NO2/c1-3-16-14-20(30-13-10-21(24)25)15-17(4-2)22(16)31-12-5-11-29-19-8-6-18(7-9-19)23(26,27)28/h6-10,14-15,29H,3-5,11-13H2,1-2H3. The van der Waals surface area contributed by atoms with Crippen molar-refractivity contribution < 1.29 is 22.6 Å². The van der Waals surface area contributed by atoms with Crippen molar-refractivity contribution >= 4 is 28.9 Å². The highest BCUT2D eigenvalue weighted by Gasteiger charge is 2.29. The van der Waals surface area contributed by atoms with Crippen LogP contribution in [-0.4, -0.2) is 19.8 Å². The number of nitrogens with one attached hydrogen (secondary N) is 1. The normalized spacial score (nSPS) is 11.2. The number of rotatable bonds is 11. The van der Waals surface area contributed by atoms with Crippen LogP contribution in [0.2, 0.25) is 0 Å². The largest absolute Gasteiger partial charge is 0.493 e. The molecule has 0 saturated heterocycles. The molecule has 0 bridgehead atoms. The minimum absolute atomic E-state index is 0.163. The molecular formula is C23H26Cl2F3NO2. The summed E-state index contributed by atoms with van der Waals surface area (Å²) in [6, 6.07) is 8.90. The summed E-state index contributed by atoms with van der Waals surface area (Å²) in [5.41, 5.74) is 2.08. The van der Waals surface area contributed by atoms with Crippen molar-refractivity contribution in [3.63, 3.8) is 0 Å². The van der Waals surface area contributed by atoms with E-state index in [-0.39, 0.29) is 11.1 Å². The van der Waals surface area contributed by atoms with Gasteiger partial charge in [0.15, 0.2) is 0 Å². The first-order valence-electron chi connectivity index (χ1n) is 10.1. The molecule has 0 heterocycles. The Morgan fingerprint density at radius 2 is 1.61 bits per heavy atom. The van der Waals surface area contributed by atoms with Gasteiger partial charge in [0.1, 0.15) is 22.6 Å². The summed E-state index contributed by atoms with van der Waals surface area (Å²) in [5.74, 6) is 1.59. The quantitative estimate of drug-likeness (QED) is 0.343. The maximum Gasteiger partial charge on any atom is 0.416 e. The lowest BCUT2D eigenvalue weighted by atomic mass is 10.0. The molecule has 1 N–H and O–H groups in total. The Bertz CT molecular complexity index is 839. The summed E-state index contributed by atoms with van der Waals surface area (Å²) in [4.78, 5) is 0. The van der Waals surface area contributed by atoms with Crippen LogP contribution in [0.4, 0.5) is 18.9 Å². The molecule has 0 spiro atoms. The zero-order chi connectivity index (χ0) is 22.9. The molecule has 0 amide bonds. The predicted molar refractivity (Wildman–Crippen MR) is 121 cm³/mol. The third-order valence-corrected chi connectivity index (χ3v) is 4.88.